The Balaban J connectivity index is 1.43. The van der Waals surface area contributed by atoms with Crippen LogP contribution in [0.2, 0.25) is 5.02 Å². The second-order valence-electron chi connectivity index (χ2n) is 9.84. The molecule has 0 radical (unpaired) electrons. The molecule has 4 aromatic carbocycles. The third kappa shape index (κ3) is 5.61. The van der Waals surface area contributed by atoms with Gasteiger partial charge in [-0.2, -0.15) is 9.41 Å². The zero-order chi connectivity index (χ0) is 29.1. The van der Waals surface area contributed by atoms with Gasteiger partial charge >= 0.3 is 5.97 Å². The summed E-state index contributed by atoms with van der Waals surface area (Å²) in [7, 11) is 0. The van der Waals surface area contributed by atoms with Crippen molar-refractivity contribution in [2.45, 2.75) is 12.3 Å². The van der Waals surface area contributed by atoms with Crippen LogP contribution in [0, 0.1) is 5.21 Å². The van der Waals surface area contributed by atoms with E-state index in [4.69, 9.17) is 11.6 Å². The molecule has 0 amide bonds. The van der Waals surface area contributed by atoms with Crippen LogP contribution >= 0.6 is 11.6 Å². The molecule has 8 nitrogen and oxygen atoms in total. The Bertz CT molecular complexity index is 1880. The van der Waals surface area contributed by atoms with Crippen LogP contribution in [0.4, 0.5) is 0 Å². The fourth-order valence-corrected chi connectivity index (χ4v) is 5.31. The first-order valence-electron chi connectivity index (χ1n) is 13.2. The number of aromatic carboxylic acids is 1. The Kier molecular flexibility index (Phi) is 7.45. The molecule has 0 bridgehead atoms. The van der Waals surface area contributed by atoms with Gasteiger partial charge in [-0.25, -0.2) is 4.79 Å². The molecule has 0 aliphatic carbocycles. The summed E-state index contributed by atoms with van der Waals surface area (Å²) in [5.41, 5.74) is 6.54. The van der Waals surface area contributed by atoms with Crippen molar-refractivity contribution in [2.24, 2.45) is 0 Å². The molecule has 0 spiro atoms. The summed E-state index contributed by atoms with van der Waals surface area (Å²) in [5, 5.41) is 35.2. The number of hydrogen-bond acceptors (Lipinski definition) is 5. The highest BCUT2D eigenvalue weighted by atomic mass is 35.5. The summed E-state index contributed by atoms with van der Waals surface area (Å²) in [6.45, 7) is 0. The molecule has 42 heavy (non-hydrogen) atoms. The van der Waals surface area contributed by atoms with Crippen molar-refractivity contribution in [3.05, 3.63) is 154 Å². The monoisotopic (exact) mass is 573 g/mol. The van der Waals surface area contributed by atoms with Gasteiger partial charge in [0.25, 0.3) is 0 Å². The predicted octanol–water partition coefficient (Wildman–Crippen LogP) is 6.36. The molecule has 2 heterocycles. The van der Waals surface area contributed by atoms with E-state index in [0.717, 1.165) is 27.0 Å². The molecule has 0 unspecified atom stereocenters. The van der Waals surface area contributed by atoms with Crippen molar-refractivity contribution >= 4 is 17.6 Å². The number of halogens is 1. The van der Waals surface area contributed by atoms with Crippen molar-refractivity contribution in [1.29, 1.82) is 0 Å². The molecule has 1 atom stereocenters. The van der Waals surface area contributed by atoms with E-state index in [1.807, 2.05) is 72.8 Å². The zero-order valence-electron chi connectivity index (χ0n) is 22.2. The summed E-state index contributed by atoms with van der Waals surface area (Å²) in [4.78, 5) is 11.6. The van der Waals surface area contributed by atoms with E-state index >= 15 is 0 Å². The second kappa shape index (κ2) is 11.6. The van der Waals surface area contributed by atoms with Crippen molar-refractivity contribution in [3.63, 3.8) is 0 Å². The van der Waals surface area contributed by atoms with Crippen molar-refractivity contribution in [3.8, 4) is 27.9 Å². The average molecular weight is 574 g/mol. The number of carboxylic acid groups (broad SMARTS) is 1. The van der Waals surface area contributed by atoms with Gasteiger partial charge in [0.15, 0.2) is 6.20 Å². The molecular formula is C33H24ClN5O3. The minimum absolute atomic E-state index is 0.216. The minimum Gasteiger partial charge on any atom is -0.618 e. The number of rotatable bonds is 8. The van der Waals surface area contributed by atoms with E-state index in [-0.39, 0.29) is 11.5 Å². The van der Waals surface area contributed by atoms with Gasteiger partial charge in [0.05, 0.1) is 17.2 Å². The van der Waals surface area contributed by atoms with Gasteiger partial charge < -0.3 is 10.3 Å². The van der Waals surface area contributed by atoms with Crippen molar-refractivity contribution in [1.82, 2.24) is 20.2 Å². The molecule has 2 aromatic heterocycles. The minimum atomic E-state index is -0.981. The third-order valence-corrected chi connectivity index (χ3v) is 7.42. The Labute approximate surface area is 246 Å². The standard InChI is InChI=1S/C33H24ClN5O3/c34-28-13-15-31(38-21-35-36-37-38)30(19-28)27-12-14-32(39(42)20-27)29(16-22-6-2-1-3-7-22)25-10-4-8-23(17-25)24-9-5-11-26(18-24)33(40)41/h1-15,17-21,29H,16H2,(H,40,41)/t29-/m1/s1. The van der Waals surface area contributed by atoms with E-state index < -0.39 is 5.97 Å². The SMILES string of the molecule is O=C(O)c1cccc(-c2cccc([C@@H](Cc3ccccc3)c3ccc(-c4cc(Cl)ccc4-n4cnnn4)c[n+]3[O-])c2)c1. The quantitative estimate of drug-likeness (QED) is 0.168. The second-order valence-corrected chi connectivity index (χ2v) is 10.3. The number of benzene rings is 4. The Morgan fingerprint density at radius 1 is 0.881 bits per heavy atom. The smallest absolute Gasteiger partial charge is 0.335 e. The topological polar surface area (TPSA) is 108 Å². The van der Waals surface area contributed by atoms with E-state index in [2.05, 4.69) is 15.5 Å². The third-order valence-electron chi connectivity index (χ3n) is 7.18. The number of aromatic nitrogens is 5. The summed E-state index contributed by atoms with van der Waals surface area (Å²) in [6, 6.07) is 33.8. The largest absolute Gasteiger partial charge is 0.618 e. The Morgan fingerprint density at radius 2 is 1.67 bits per heavy atom. The lowest BCUT2D eigenvalue weighted by Crippen LogP contribution is -2.34. The van der Waals surface area contributed by atoms with Gasteiger partial charge in [-0.15, -0.1) is 5.10 Å². The van der Waals surface area contributed by atoms with Crippen molar-refractivity contribution in [2.75, 3.05) is 0 Å². The normalized spacial score (nSPS) is 11.7. The average Bonchev–Trinajstić information content (AvgIpc) is 3.56. The van der Waals surface area contributed by atoms with E-state index in [0.29, 0.717) is 34.0 Å². The Hall–Kier alpha value is -5.34. The molecule has 6 rings (SSSR count). The predicted molar refractivity (Wildman–Crippen MR) is 159 cm³/mol. The molecule has 0 aliphatic heterocycles. The first-order chi connectivity index (χ1) is 20.5. The molecule has 206 valence electrons. The molecule has 0 aliphatic rings. The fourth-order valence-electron chi connectivity index (χ4n) is 5.14. The van der Waals surface area contributed by atoms with Gasteiger partial charge in [0.1, 0.15) is 6.33 Å². The molecule has 6 aromatic rings. The van der Waals surface area contributed by atoms with Crippen LogP contribution in [-0.2, 0) is 6.42 Å². The van der Waals surface area contributed by atoms with Gasteiger partial charge in [0.2, 0.25) is 5.69 Å². The highest BCUT2D eigenvalue weighted by Gasteiger charge is 2.24. The molecule has 1 N–H and O–H groups in total. The first-order valence-corrected chi connectivity index (χ1v) is 13.6. The van der Waals surface area contributed by atoms with Crippen LogP contribution in [0.5, 0.6) is 0 Å². The number of carbonyl (C=O) groups is 1. The van der Waals surface area contributed by atoms with Gasteiger partial charge in [-0.3, -0.25) is 0 Å². The maximum atomic E-state index is 13.7. The summed E-state index contributed by atoms with van der Waals surface area (Å²) in [5.74, 6) is -1.26. The lowest BCUT2D eigenvalue weighted by atomic mass is 9.87. The van der Waals surface area contributed by atoms with Gasteiger partial charge in [-0.05, 0) is 75.5 Å². The van der Waals surface area contributed by atoms with Crippen molar-refractivity contribution < 1.29 is 14.6 Å². The lowest BCUT2D eigenvalue weighted by molar-refractivity contribution is -0.614. The summed E-state index contributed by atoms with van der Waals surface area (Å²) in [6.07, 6.45) is 3.63. The van der Waals surface area contributed by atoms with Crippen LogP contribution in [-0.4, -0.2) is 31.3 Å². The van der Waals surface area contributed by atoms with Crippen LogP contribution in [0.15, 0.2) is 122 Å². The number of tetrazole rings is 1. The zero-order valence-corrected chi connectivity index (χ0v) is 23.0. The molecule has 0 saturated heterocycles. The maximum absolute atomic E-state index is 13.7. The Morgan fingerprint density at radius 3 is 2.40 bits per heavy atom. The van der Waals surface area contributed by atoms with Gasteiger partial charge in [-0.1, -0.05) is 78.3 Å². The van der Waals surface area contributed by atoms with E-state index in [1.54, 1.807) is 42.6 Å². The fraction of sp³-hybridized carbons (Fsp3) is 0.0606. The van der Waals surface area contributed by atoms with E-state index in [9.17, 15) is 15.1 Å². The molecule has 0 fully saturated rings. The summed E-state index contributed by atoms with van der Waals surface area (Å²) < 4.78 is 2.43. The van der Waals surface area contributed by atoms with Crippen LogP contribution in [0.25, 0.3) is 27.9 Å². The molecular weight excluding hydrogens is 550 g/mol. The van der Waals surface area contributed by atoms with Crippen LogP contribution in [0.3, 0.4) is 0 Å². The number of carboxylic acids is 1. The number of hydrogen-bond donors (Lipinski definition) is 1. The first kappa shape index (κ1) is 26.9. The van der Waals surface area contributed by atoms with E-state index in [1.165, 1.54) is 11.0 Å². The van der Waals surface area contributed by atoms with Crippen LogP contribution < -0.4 is 4.73 Å². The maximum Gasteiger partial charge on any atom is 0.335 e. The number of nitrogens with zero attached hydrogens (tertiary/aromatic N) is 5. The van der Waals surface area contributed by atoms with Crippen LogP contribution in [0.1, 0.15) is 33.1 Å². The molecule has 9 heteroatoms. The molecule has 0 saturated carbocycles. The van der Waals surface area contributed by atoms with Gasteiger partial charge in [0, 0.05) is 22.2 Å². The highest BCUT2D eigenvalue weighted by Crippen LogP contribution is 2.33. The lowest BCUT2D eigenvalue weighted by Gasteiger charge is -2.19. The summed E-state index contributed by atoms with van der Waals surface area (Å²) >= 11 is 6.33. The highest BCUT2D eigenvalue weighted by molar-refractivity contribution is 6.31. The number of pyridine rings is 1.